The highest BCUT2D eigenvalue weighted by Gasteiger charge is 2.13. The Morgan fingerprint density at radius 3 is 2.29 bits per heavy atom. The van der Waals surface area contributed by atoms with Gasteiger partial charge in [-0.25, -0.2) is 0 Å². The summed E-state index contributed by atoms with van der Waals surface area (Å²) in [6, 6.07) is 6.55. The van der Waals surface area contributed by atoms with E-state index in [-0.39, 0.29) is 0 Å². The monoisotopic (exact) mass is 498 g/mol. The third-order valence-electron chi connectivity index (χ3n) is 5.50. The van der Waals surface area contributed by atoms with Crippen LogP contribution in [0.5, 0.6) is 0 Å². The van der Waals surface area contributed by atoms with Crippen LogP contribution in [0.2, 0.25) is 0 Å². The van der Waals surface area contributed by atoms with Gasteiger partial charge in [-0.1, -0.05) is 70.6 Å². The molecule has 5 heteroatoms. The SMILES string of the molecule is CC.CC(=S)N/N=C(\C)c1ccc(N)c(C(C)C)c1.CCCN(C1=C(C)C=CCC(C)=C1)C(C)C. The van der Waals surface area contributed by atoms with Crippen molar-refractivity contribution in [2.24, 2.45) is 5.10 Å². The fourth-order valence-electron chi connectivity index (χ4n) is 3.65. The molecule has 1 aromatic rings. The van der Waals surface area contributed by atoms with Crippen molar-refractivity contribution in [1.82, 2.24) is 10.3 Å². The van der Waals surface area contributed by atoms with Gasteiger partial charge >= 0.3 is 0 Å². The van der Waals surface area contributed by atoms with Crippen LogP contribution >= 0.6 is 12.2 Å². The molecule has 4 nitrogen and oxygen atoms in total. The Morgan fingerprint density at radius 2 is 1.77 bits per heavy atom. The fraction of sp³-hybridized carbons (Fsp3) is 0.533. The van der Waals surface area contributed by atoms with Crippen LogP contribution in [0.3, 0.4) is 0 Å². The lowest BCUT2D eigenvalue weighted by Crippen LogP contribution is -2.31. The van der Waals surface area contributed by atoms with E-state index >= 15 is 0 Å². The Bertz CT molecular complexity index is 920. The number of nitrogens with two attached hydrogens (primary N) is 1. The number of hydrazone groups is 1. The molecule has 0 aromatic heterocycles. The van der Waals surface area contributed by atoms with Crippen LogP contribution in [-0.2, 0) is 0 Å². The van der Waals surface area contributed by atoms with E-state index in [1.807, 2.05) is 32.9 Å². The molecule has 1 aliphatic carbocycles. The fourth-order valence-corrected chi connectivity index (χ4v) is 3.69. The van der Waals surface area contributed by atoms with Crippen LogP contribution in [0.25, 0.3) is 0 Å². The van der Waals surface area contributed by atoms with Crippen LogP contribution in [-0.4, -0.2) is 28.2 Å². The van der Waals surface area contributed by atoms with Crippen LogP contribution in [0, 0.1) is 0 Å². The second-order valence-corrected chi connectivity index (χ2v) is 9.93. The first kappa shape index (κ1) is 32.6. The average molecular weight is 499 g/mol. The van der Waals surface area contributed by atoms with E-state index in [9.17, 15) is 0 Å². The topological polar surface area (TPSA) is 53.6 Å². The quantitative estimate of drug-likeness (QED) is 0.172. The van der Waals surface area contributed by atoms with Crippen molar-refractivity contribution in [2.75, 3.05) is 12.3 Å². The third-order valence-corrected chi connectivity index (χ3v) is 5.59. The van der Waals surface area contributed by atoms with Crippen molar-refractivity contribution in [3.63, 3.8) is 0 Å². The number of nitrogen functional groups attached to an aromatic ring is 1. The van der Waals surface area contributed by atoms with Crippen molar-refractivity contribution < 1.29 is 0 Å². The Labute approximate surface area is 221 Å². The number of anilines is 1. The van der Waals surface area contributed by atoms with Crippen molar-refractivity contribution in [2.45, 2.75) is 101 Å². The molecule has 3 N–H and O–H groups in total. The van der Waals surface area contributed by atoms with E-state index in [0.717, 1.165) is 35.5 Å². The zero-order valence-electron chi connectivity index (χ0n) is 24.1. The van der Waals surface area contributed by atoms with Crippen molar-refractivity contribution in [3.05, 3.63) is 64.4 Å². The molecule has 0 fully saturated rings. The largest absolute Gasteiger partial charge is 0.398 e. The van der Waals surface area contributed by atoms with Gasteiger partial charge in [-0.05, 0) is 95.2 Å². The smallest absolute Gasteiger partial charge is 0.0930 e. The minimum Gasteiger partial charge on any atom is -0.398 e. The van der Waals surface area contributed by atoms with Crippen LogP contribution in [0.15, 0.2) is 58.4 Å². The Kier molecular flexibility index (Phi) is 15.9. The second kappa shape index (κ2) is 17.1. The maximum absolute atomic E-state index is 5.94. The molecule has 0 saturated carbocycles. The predicted octanol–water partition coefficient (Wildman–Crippen LogP) is 8.37. The molecule has 0 atom stereocenters. The molecular formula is C30H50N4S. The molecule has 0 aliphatic heterocycles. The standard InChI is InChI=1S/C15H25N.C13H19N3S.C2H6/c1-6-10-16(12(2)3)15-11-13(4)8-7-9-14(15)5;1-8(2)12-7-11(5-6-13(12)14)9(3)15-16-10(4)17;1-2/h7,9,11-12H,6,8,10H2,1-5H3;5-8H,14H2,1-4H3,(H,16,17);1-2H3/b;15-9+;. The summed E-state index contributed by atoms with van der Waals surface area (Å²) in [6.45, 7) is 24.4. The summed E-state index contributed by atoms with van der Waals surface area (Å²) >= 11 is 4.91. The minimum atomic E-state index is 0.406. The van der Waals surface area contributed by atoms with Crippen molar-refractivity contribution in [1.29, 1.82) is 0 Å². The summed E-state index contributed by atoms with van der Waals surface area (Å²) in [5.41, 5.74) is 16.9. The zero-order chi connectivity index (χ0) is 27.1. The number of rotatable bonds is 7. The lowest BCUT2D eigenvalue weighted by atomic mass is 9.97. The van der Waals surface area contributed by atoms with Gasteiger partial charge in [-0.2, -0.15) is 5.10 Å². The van der Waals surface area contributed by atoms with E-state index in [0.29, 0.717) is 16.9 Å². The molecule has 0 bridgehead atoms. The summed E-state index contributed by atoms with van der Waals surface area (Å²) in [5.74, 6) is 0.406. The molecule has 1 aromatic carbocycles. The van der Waals surface area contributed by atoms with Gasteiger partial charge in [-0.15, -0.1) is 0 Å². The summed E-state index contributed by atoms with van der Waals surface area (Å²) in [7, 11) is 0. The molecule has 0 saturated heterocycles. The van der Waals surface area contributed by atoms with Crippen molar-refractivity contribution >= 4 is 28.6 Å². The summed E-state index contributed by atoms with van der Waals surface area (Å²) in [5, 5.41) is 4.21. The van der Waals surface area contributed by atoms with Gasteiger partial charge in [-0.3, -0.25) is 5.43 Å². The van der Waals surface area contributed by atoms with Crippen LogP contribution < -0.4 is 11.2 Å². The van der Waals surface area contributed by atoms with E-state index in [1.54, 1.807) is 6.92 Å². The summed E-state index contributed by atoms with van der Waals surface area (Å²) < 4.78 is 0. The van der Waals surface area contributed by atoms with Gasteiger partial charge < -0.3 is 10.6 Å². The second-order valence-electron chi connectivity index (χ2n) is 9.32. The zero-order valence-corrected chi connectivity index (χ0v) is 24.9. The van der Waals surface area contributed by atoms with Gasteiger partial charge in [0.05, 0.1) is 10.7 Å². The third kappa shape index (κ3) is 11.7. The number of benzene rings is 1. The maximum atomic E-state index is 5.94. The first-order chi connectivity index (χ1) is 16.5. The lowest BCUT2D eigenvalue weighted by molar-refractivity contribution is 0.291. The van der Waals surface area contributed by atoms with Gasteiger partial charge in [0.2, 0.25) is 0 Å². The molecule has 0 radical (unpaired) electrons. The van der Waals surface area contributed by atoms with E-state index in [4.69, 9.17) is 18.0 Å². The first-order valence-corrected chi connectivity index (χ1v) is 13.4. The normalized spacial score (nSPS) is 13.4. The molecule has 0 heterocycles. The molecular weight excluding hydrogens is 448 g/mol. The highest BCUT2D eigenvalue weighted by molar-refractivity contribution is 7.80. The highest BCUT2D eigenvalue weighted by atomic mass is 32.1. The van der Waals surface area contributed by atoms with E-state index in [1.165, 1.54) is 23.3 Å². The van der Waals surface area contributed by atoms with Gasteiger partial charge in [0, 0.05) is 24.0 Å². The Hall–Kier alpha value is -2.40. The number of hydrogen-bond donors (Lipinski definition) is 2. The number of allylic oxidation sites excluding steroid dienone is 5. The number of nitrogens with one attached hydrogen (secondary N) is 1. The van der Waals surface area contributed by atoms with Gasteiger partial charge in [0.15, 0.2) is 0 Å². The molecule has 196 valence electrons. The molecule has 0 amide bonds. The first-order valence-electron chi connectivity index (χ1n) is 13.0. The molecule has 2 rings (SSSR count). The van der Waals surface area contributed by atoms with Crippen LogP contribution in [0.1, 0.15) is 106 Å². The van der Waals surface area contributed by atoms with Gasteiger partial charge in [0.1, 0.15) is 0 Å². The van der Waals surface area contributed by atoms with E-state index < -0.39 is 0 Å². The maximum Gasteiger partial charge on any atom is 0.0930 e. The number of hydrogen-bond acceptors (Lipinski definition) is 4. The molecule has 0 spiro atoms. The molecule has 35 heavy (non-hydrogen) atoms. The molecule has 1 aliphatic rings. The van der Waals surface area contributed by atoms with E-state index in [2.05, 4.69) is 88.2 Å². The number of nitrogens with zero attached hydrogens (tertiary/aromatic N) is 2. The van der Waals surface area contributed by atoms with Gasteiger partial charge in [0.25, 0.3) is 0 Å². The lowest BCUT2D eigenvalue weighted by Gasteiger charge is -2.31. The van der Waals surface area contributed by atoms with Crippen molar-refractivity contribution in [3.8, 4) is 0 Å². The minimum absolute atomic E-state index is 0.406. The summed E-state index contributed by atoms with van der Waals surface area (Å²) in [6.07, 6.45) is 9.15. The number of thiocarbonyl (C=S) groups is 1. The Balaban J connectivity index is 0.000000618. The molecule has 0 unspecified atom stereocenters. The average Bonchev–Trinajstić information content (AvgIpc) is 2.97. The summed E-state index contributed by atoms with van der Waals surface area (Å²) in [4.78, 5) is 3.16. The van der Waals surface area contributed by atoms with Crippen LogP contribution in [0.4, 0.5) is 5.69 Å². The Morgan fingerprint density at radius 1 is 1.14 bits per heavy atom. The predicted molar refractivity (Wildman–Crippen MR) is 162 cm³/mol. The highest BCUT2D eigenvalue weighted by Crippen LogP contribution is 2.24.